The molecular formula is C19H20N2O6. The second-order valence-electron chi connectivity index (χ2n) is 6.29. The number of imide groups is 1. The van der Waals surface area contributed by atoms with Gasteiger partial charge in [-0.05, 0) is 31.0 Å². The Morgan fingerprint density at radius 2 is 2.07 bits per heavy atom. The van der Waals surface area contributed by atoms with Gasteiger partial charge >= 0.3 is 5.97 Å². The smallest absolute Gasteiger partial charge is 0.338 e. The van der Waals surface area contributed by atoms with Gasteiger partial charge in [-0.2, -0.15) is 0 Å². The molecule has 0 bridgehead atoms. The molecule has 27 heavy (non-hydrogen) atoms. The van der Waals surface area contributed by atoms with Gasteiger partial charge in [0, 0.05) is 19.7 Å². The van der Waals surface area contributed by atoms with Gasteiger partial charge in [-0.15, -0.1) is 6.58 Å². The Labute approximate surface area is 156 Å². The first kappa shape index (κ1) is 18.8. The molecule has 0 radical (unpaired) electrons. The Morgan fingerprint density at radius 1 is 1.30 bits per heavy atom. The molecule has 3 rings (SSSR count). The Balaban J connectivity index is 1.57. The van der Waals surface area contributed by atoms with E-state index in [1.165, 1.54) is 24.3 Å². The number of hydrogen-bond donors (Lipinski definition) is 1. The number of nitrogens with one attached hydrogen (secondary N) is 1. The summed E-state index contributed by atoms with van der Waals surface area (Å²) in [5, 5.41) is 2.65. The Morgan fingerprint density at radius 3 is 2.78 bits per heavy atom. The van der Waals surface area contributed by atoms with Crippen LogP contribution in [0.3, 0.4) is 0 Å². The van der Waals surface area contributed by atoms with Gasteiger partial charge < -0.3 is 14.8 Å². The highest BCUT2D eigenvalue weighted by atomic mass is 16.5. The molecule has 0 saturated carbocycles. The van der Waals surface area contributed by atoms with Crippen molar-refractivity contribution in [2.45, 2.75) is 18.9 Å². The van der Waals surface area contributed by atoms with Crippen LogP contribution in [0.1, 0.15) is 43.9 Å². The molecule has 2 heterocycles. The SMILES string of the molecule is C=CCN1C(=O)c2ccc(C(=O)OCC(=O)NC[C@H]3CCCO3)cc2C1=O. The number of fused-ring (bicyclic) bond motifs is 1. The molecule has 2 aliphatic rings. The van der Waals surface area contributed by atoms with Gasteiger partial charge in [-0.1, -0.05) is 6.08 Å². The van der Waals surface area contributed by atoms with E-state index in [-0.39, 0.29) is 29.3 Å². The molecule has 8 nitrogen and oxygen atoms in total. The van der Waals surface area contributed by atoms with Crippen LogP contribution in [0.25, 0.3) is 0 Å². The summed E-state index contributed by atoms with van der Waals surface area (Å²) in [5.41, 5.74) is 0.467. The molecule has 0 unspecified atom stereocenters. The van der Waals surface area contributed by atoms with Crippen LogP contribution in [0, 0.1) is 0 Å². The van der Waals surface area contributed by atoms with Crippen molar-refractivity contribution in [3.05, 3.63) is 47.5 Å². The average Bonchev–Trinajstić information content (AvgIpc) is 3.27. The molecule has 1 atom stereocenters. The van der Waals surface area contributed by atoms with Gasteiger partial charge in [0.15, 0.2) is 6.61 Å². The number of nitrogens with zero attached hydrogens (tertiary/aromatic N) is 1. The number of hydrogen-bond acceptors (Lipinski definition) is 6. The van der Waals surface area contributed by atoms with Crippen LogP contribution in [0.2, 0.25) is 0 Å². The topological polar surface area (TPSA) is 102 Å². The summed E-state index contributed by atoms with van der Waals surface area (Å²) >= 11 is 0. The second-order valence-corrected chi connectivity index (χ2v) is 6.29. The Kier molecular flexibility index (Phi) is 5.66. The van der Waals surface area contributed by atoms with Crippen LogP contribution < -0.4 is 5.32 Å². The van der Waals surface area contributed by atoms with Crippen molar-refractivity contribution in [1.82, 2.24) is 10.2 Å². The molecule has 1 aromatic rings. The van der Waals surface area contributed by atoms with Crippen LogP contribution in [0.5, 0.6) is 0 Å². The van der Waals surface area contributed by atoms with Crippen LogP contribution >= 0.6 is 0 Å². The number of esters is 1. The summed E-state index contributed by atoms with van der Waals surface area (Å²) in [5.74, 6) is -2.09. The molecule has 0 aliphatic carbocycles. The van der Waals surface area contributed by atoms with Gasteiger partial charge in [0.25, 0.3) is 17.7 Å². The molecule has 1 N–H and O–H groups in total. The maximum Gasteiger partial charge on any atom is 0.338 e. The van der Waals surface area contributed by atoms with Gasteiger partial charge in [0.05, 0.1) is 22.8 Å². The lowest BCUT2D eigenvalue weighted by molar-refractivity contribution is -0.124. The van der Waals surface area contributed by atoms with Crippen molar-refractivity contribution in [3.8, 4) is 0 Å². The molecule has 8 heteroatoms. The third-order valence-electron chi connectivity index (χ3n) is 4.40. The normalized spacial score (nSPS) is 18.4. The number of benzene rings is 1. The number of amides is 3. The summed E-state index contributed by atoms with van der Waals surface area (Å²) < 4.78 is 10.4. The van der Waals surface area contributed by atoms with Gasteiger partial charge in [0.2, 0.25) is 0 Å². The third-order valence-corrected chi connectivity index (χ3v) is 4.40. The summed E-state index contributed by atoms with van der Waals surface area (Å²) in [6.07, 6.45) is 3.32. The zero-order valence-electron chi connectivity index (χ0n) is 14.7. The highest BCUT2D eigenvalue weighted by molar-refractivity contribution is 6.22. The molecule has 1 saturated heterocycles. The average molecular weight is 372 g/mol. The third kappa shape index (κ3) is 4.06. The number of ether oxygens (including phenoxy) is 2. The standard InChI is InChI=1S/C19H20N2O6/c1-2-7-21-17(23)14-6-5-12(9-15(14)18(21)24)19(25)27-11-16(22)20-10-13-4-3-8-26-13/h2,5-6,9,13H,1,3-4,7-8,10-11H2,(H,20,22)/t13-/m1/s1. The molecular weight excluding hydrogens is 352 g/mol. The van der Waals surface area contributed by atoms with Crippen molar-refractivity contribution in [1.29, 1.82) is 0 Å². The van der Waals surface area contributed by atoms with E-state index in [1.807, 2.05) is 0 Å². The van der Waals surface area contributed by atoms with Gasteiger partial charge in [-0.3, -0.25) is 19.3 Å². The van der Waals surface area contributed by atoms with E-state index in [0.717, 1.165) is 17.7 Å². The Hall–Kier alpha value is -3.00. The second kappa shape index (κ2) is 8.13. The highest BCUT2D eigenvalue weighted by Gasteiger charge is 2.35. The fourth-order valence-electron chi connectivity index (χ4n) is 3.01. The fourth-order valence-corrected chi connectivity index (χ4v) is 3.01. The molecule has 3 amide bonds. The number of rotatable bonds is 7. The first-order chi connectivity index (χ1) is 13.0. The highest BCUT2D eigenvalue weighted by Crippen LogP contribution is 2.24. The summed E-state index contributed by atoms with van der Waals surface area (Å²) in [7, 11) is 0. The summed E-state index contributed by atoms with van der Waals surface area (Å²) in [6, 6.07) is 4.12. The van der Waals surface area contributed by atoms with Crippen molar-refractivity contribution in [3.63, 3.8) is 0 Å². The minimum Gasteiger partial charge on any atom is -0.452 e. The number of carbonyl (C=O) groups is 4. The molecule has 1 aromatic carbocycles. The lowest BCUT2D eigenvalue weighted by atomic mass is 10.1. The molecule has 1 fully saturated rings. The van der Waals surface area contributed by atoms with Crippen LogP contribution in [-0.4, -0.2) is 61.0 Å². The van der Waals surface area contributed by atoms with E-state index in [0.29, 0.717) is 13.2 Å². The van der Waals surface area contributed by atoms with Gasteiger partial charge in [-0.25, -0.2) is 4.79 Å². The minimum absolute atomic E-state index is 0.00317. The van der Waals surface area contributed by atoms with E-state index in [4.69, 9.17) is 9.47 Å². The maximum absolute atomic E-state index is 12.3. The van der Waals surface area contributed by atoms with Crippen LogP contribution in [-0.2, 0) is 14.3 Å². The largest absolute Gasteiger partial charge is 0.452 e. The molecule has 142 valence electrons. The predicted octanol–water partition coefficient (Wildman–Crippen LogP) is 0.921. The summed E-state index contributed by atoms with van der Waals surface area (Å²) in [4.78, 5) is 49.4. The molecule has 0 spiro atoms. The molecule has 2 aliphatic heterocycles. The maximum atomic E-state index is 12.3. The predicted molar refractivity (Wildman–Crippen MR) is 94.3 cm³/mol. The first-order valence-corrected chi connectivity index (χ1v) is 8.68. The quantitative estimate of drug-likeness (QED) is 0.434. The van der Waals surface area contributed by atoms with Crippen molar-refractivity contribution in [2.24, 2.45) is 0 Å². The van der Waals surface area contributed by atoms with Crippen molar-refractivity contribution in [2.75, 3.05) is 26.3 Å². The van der Waals surface area contributed by atoms with E-state index >= 15 is 0 Å². The zero-order chi connectivity index (χ0) is 19.4. The van der Waals surface area contributed by atoms with E-state index < -0.39 is 30.3 Å². The molecule has 0 aromatic heterocycles. The van der Waals surface area contributed by atoms with Crippen LogP contribution in [0.4, 0.5) is 0 Å². The van der Waals surface area contributed by atoms with Crippen molar-refractivity contribution < 1.29 is 28.7 Å². The Bertz CT molecular complexity index is 797. The zero-order valence-corrected chi connectivity index (χ0v) is 14.7. The van der Waals surface area contributed by atoms with E-state index in [9.17, 15) is 19.2 Å². The van der Waals surface area contributed by atoms with E-state index in [2.05, 4.69) is 11.9 Å². The van der Waals surface area contributed by atoms with Crippen LogP contribution in [0.15, 0.2) is 30.9 Å². The first-order valence-electron chi connectivity index (χ1n) is 8.68. The minimum atomic E-state index is -0.743. The fraction of sp³-hybridized carbons (Fsp3) is 0.368. The lowest BCUT2D eigenvalue weighted by Crippen LogP contribution is -2.34. The lowest BCUT2D eigenvalue weighted by Gasteiger charge is -2.11. The van der Waals surface area contributed by atoms with Crippen molar-refractivity contribution >= 4 is 23.7 Å². The van der Waals surface area contributed by atoms with E-state index in [1.54, 1.807) is 0 Å². The summed E-state index contributed by atoms with van der Waals surface area (Å²) in [6.45, 7) is 4.25. The number of carbonyl (C=O) groups excluding carboxylic acids is 4. The van der Waals surface area contributed by atoms with Gasteiger partial charge in [0.1, 0.15) is 0 Å². The monoisotopic (exact) mass is 372 g/mol.